The van der Waals surface area contributed by atoms with E-state index in [1.807, 2.05) is 89.0 Å². The molecule has 0 unspecified atom stereocenters. The molecule has 0 aliphatic carbocycles. The summed E-state index contributed by atoms with van der Waals surface area (Å²) in [6, 6.07) is 69.8. The van der Waals surface area contributed by atoms with Crippen molar-refractivity contribution in [1.29, 1.82) is 0 Å². The van der Waals surface area contributed by atoms with Crippen molar-refractivity contribution >= 4 is 131 Å². The molecule has 0 amide bonds. The molecule has 0 atom stereocenters. The second-order valence-corrected chi connectivity index (χ2v) is 27.2. The van der Waals surface area contributed by atoms with E-state index in [1.54, 1.807) is 6.20 Å². The Morgan fingerprint density at radius 3 is 1.21 bits per heavy atom. The van der Waals surface area contributed by atoms with Crippen LogP contribution in [0, 0.1) is 48.5 Å². The third-order valence-electron chi connectivity index (χ3n) is 20.3. The summed E-state index contributed by atoms with van der Waals surface area (Å²) >= 11 is 0. The van der Waals surface area contributed by atoms with Crippen LogP contribution >= 0.6 is 0 Å². The van der Waals surface area contributed by atoms with E-state index in [9.17, 15) is 0 Å². The van der Waals surface area contributed by atoms with Crippen LogP contribution in [0.4, 0.5) is 0 Å². The molecule has 0 bridgehead atoms. The van der Waals surface area contributed by atoms with Gasteiger partial charge in [-0.2, -0.15) is 4.57 Å². The predicted molar refractivity (Wildman–Crippen MR) is 416 cm³/mol. The molecule has 0 saturated heterocycles. The maximum Gasteiger partial charge on any atom is 0.334 e. The first-order valence-electron chi connectivity index (χ1n) is 34.8. The van der Waals surface area contributed by atoms with Crippen LogP contribution in [0.25, 0.3) is 176 Å². The van der Waals surface area contributed by atoms with E-state index in [2.05, 4.69) is 259 Å². The van der Waals surface area contributed by atoms with E-state index in [-0.39, 0.29) is 0 Å². The Morgan fingerprint density at radius 2 is 0.738 bits per heavy atom. The highest BCUT2D eigenvalue weighted by Gasteiger charge is 2.28. The summed E-state index contributed by atoms with van der Waals surface area (Å²) in [6.45, 7) is 14.7. The van der Waals surface area contributed by atoms with Crippen LogP contribution in [0.1, 0.15) is 39.1 Å². The van der Waals surface area contributed by atoms with Crippen molar-refractivity contribution in [2.45, 2.75) is 48.5 Å². The van der Waals surface area contributed by atoms with Crippen molar-refractivity contribution in [2.24, 2.45) is 28.2 Å². The molecule has 0 aliphatic rings. The summed E-state index contributed by atoms with van der Waals surface area (Å²) in [7, 11) is 8.11. The molecule has 12 heteroatoms. The molecule has 8 aromatic heterocycles. The molecule has 0 spiro atoms. The van der Waals surface area contributed by atoms with Gasteiger partial charge in [0.05, 0.1) is 57.7 Å². The van der Waals surface area contributed by atoms with E-state index in [4.69, 9.17) is 27.6 Å². The molecule has 103 heavy (non-hydrogen) atoms. The topological polar surface area (TPSA) is 120 Å². The van der Waals surface area contributed by atoms with Gasteiger partial charge in [-0.25, -0.2) is 13.7 Å². The molecule has 498 valence electrons. The molecule has 0 saturated carbocycles. The van der Waals surface area contributed by atoms with E-state index < -0.39 is 0 Å². The summed E-state index contributed by atoms with van der Waals surface area (Å²) in [4.78, 5) is 18.4. The number of hydrogen-bond donors (Lipinski definition) is 0. The molecule has 0 fully saturated rings. The van der Waals surface area contributed by atoms with Gasteiger partial charge in [-0.3, -0.25) is 4.98 Å². The van der Waals surface area contributed by atoms with Gasteiger partial charge in [0, 0.05) is 67.7 Å². The zero-order chi connectivity index (χ0) is 70.5. The Balaban J connectivity index is 0.000000102. The monoisotopic (exact) mass is 1340 g/mol. The smallest absolute Gasteiger partial charge is 0.334 e. The fraction of sp³-hybridized carbons (Fsp3) is 0.121. The predicted octanol–water partition coefficient (Wildman–Crippen LogP) is 20.7. The van der Waals surface area contributed by atoms with Crippen molar-refractivity contribution in [3.05, 3.63) is 289 Å². The lowest BCUT2D eigenvalue weighted by molar-refractivity contribution is -0.663. The third kappa shape index (κ3) is 10.8. The maximum atomic E-state index is 6.42. The standard InChI is InChI=1S/3C23H19N2O.C22H17N2O/c1-14-12-24-23(25(3)13-14)20-15(2)8-10-18-21-17-7-5-4-6-16(17)9-11-19(21)26-22(18)20;1-14-8-10-18-21-17-7-5-4-6-16(17)9-11-19(21)26-22(18)20(14)23-24-15(2)12-13-25(23)3;1-14-12-15(2)21-22-17-7-5-4-6-16(17)8-9-19(22)26-23(21)20(14)18-13-24-10-11-25(18)3;1-14-8-10-17-20-16-7-4-3-6-15(16)9-11-18(20)25-21(17)19(14)22-23-12-5-13-24(22)2/h3*4-13H,1-3H3;3-13H,1-2H3/q4*+1. The highest BCUT2D eigenvalue weighted by molar-refractivity contribution is 6.24. The number of benzene rings is 12. The van der Waals surface area contributed by atoms with Gasteiger partial charge in [0.2, 0.25) is 5.69 Å². The Kier molecular flexibility index (Phi) is 15.7. The molecule has 0 N–H and O–H groups in total. The Bertz CT molecular complexity index is 6860. The lowest BCUT2D eigenvalue weighted by Crippen LogP contribution is -2.32. The largest absolute Gasteiger partial charge is 0.455 e. The Labute approximate surface area is 594 Å². The average Bonchev–Trinajstić information content (AvgIpc) is 1.62. The number of nitrogens with zero attached hydrogens (tertiary/aromatic N) is 8. The zero-order valence-electron chi connectivity index (χ0n) is 59.4. The molecule has 0 aliphatic heterocycles. The quantitative estimate of drug-likeness (QED) is 0.160. The van der Waals surface area contributed by atoms with Crippen molar-refractivity contribution < 1.29 is 35.9 Å². The van der Waals surface area contributed by atoms with Crippen LogP contribution in [0.2, 0.25) is 0 Å². The summed E-state index contributed by atoms with van der Waals surface area (Å²) in [5, 5.41) is 19.1. The van der Waals surface area contributed by atoms with Crippen LogP contribution in [0.3, 0.4) is 0 Å². The molecule has 20 rings (SSSR count). The van der Waals surface area contributed by atoms with Gasteiger partial charge >= 0.3 is 17.5 Å². The van der Waals surface area contributed by atoms with Gasteiger partial charge in [-0.05, 0) is 152 Å². The minimum Gasteiger partial charge on any atom is -0.455 e. The van der Waals surface area contributed by atoms with Gasteiger partial charge in [0.15, 0.2) is 28.6 Å². The van der Waals surface area contributed by atoms with Crippen LogP contribution in [0.5, 0.6) is 0 Å². The van der Waals surface area contributed by atoms with Crippen LogP contribution in [-0.2, 0) is 28.2 Å². The SMILES string of the molecule is Cc1cc(C)c2c(oc3ccc4ccccc4c32)c1-c1cncc[n+]1C.Cc1cc[n+](C)c(-c2c(C)ccc3c2oc2ccc4ccccc4c23)n1.Cc1ccc2c(oc3ccc4ccccc4c32)c1-c1nccc[n+]1C.Cc1cnc(-c2c(C)ccc3c2oc2ccc4ccccc4c23)[n+](C)c1. The molecule has 8 heterocycles. The summed E-state index contributed by atoms with van der Waals surface area (Å²) in [5.74, 6) is 2.76. The normalized spacial score (nSPS) is 11.6. The van der Waals surface area contributed by atoms with Crippen molar-refractivity contribution in [3.63, 3.8) is 0 Å². The number of hydrogen-bond acceptors (Lipinski definition) is 8. The third-order valence-corrected chi connectivity index (χ3v) is 20.3. The number of rotatable bonds is 4. The summed E-state index contributed by atoms with van der Waals surface area (Å²) < 4.78 is 33.7. The molecular formula is C91H74N8O4+4. The first-order chi connectivity index (χ1) is 50.1. The fourth-order valence-corrected chi connectivity index (χ4v) is 15.4. The highest BCUT2D eigenvalue weighted by Crippen LogP contribution is 2.45. The molecule has 12 aromatic carbocycles. The van der Waals surface area contributed by atoms with Gasteiger partial charge in [-0.15, -0.1) is 0 Å². The number of aromatic nitrogens is 8. The number of furan rings is 4. The van der Waals surface area contributed by atoms with Crippen molar-refractivity contribution in [3.8, 4) is 45.4 Å². The molecule has 0 radical (unpaired) electrons. The summed E-state index contributed by atoms with van der Waals surface area (Å²) in [5.41, 5.74) is 20.7. The minimum absolute atomic E-state index is 0.903. The number of aryl methyl sites for hydroxylation is 11. The Hall–Kier alpha value is -12.8. The number of fused-ring (bicyclic) bond motifs is 20. The van der Waals surface area contributed by atoms with Crippen molar-refractivity contribution in [2.75, 3.05) is 0 Å². The lowest BCUT2D eigenvalue weighted by Gasteiger charge is -2.07. The molecule has 20 aromatic rings. The van der Waals surface area contributed by atoms with Gasteiger partial charge in [0.1, 0.15) is 64.0 Å². The second-order valence-electron chi connectivity index (χ2n) is 27.2. The van der Waals surface area contributed by atoms with Crippen molar-refractivity contribution in [1.82, 2.24) is 19.9 Å². The van der Waals surface area contributed by atoms with Crippen LogP contribution < -0.4 is 18.3 Å². The first kappa shape index (κ1) is 63.6. The molecule has 12 nitrogen and oxygen atoms in total. The molecular weight excluding hydrogens is 1270 g/mol. The van der Waals surface area contributed by atoms with E-state index in [0.717, 1.165) is 134 Å². The van der Waals surface area contributed by atoms with E-state index >= 15 is 0 Å². The van der Waals surface area contributed by atoms with Gasteiger partial charge in [-0.1, -0.05) is 164 Å². The summed E-state index contributed by atoms with van der Waals surface area (Å²) in [6.07, 6.45) is 15.6. The minimum atomic E-state index is 0.903. The lowest BCUT2D eigenvalue weighted by atomic mass is 9.95. The van der Waals surface area contributed by atoms with Crippen LogP contribution in [-0.4, -0.2) is 19.9 Å². The van der Waals surface area contributed by atoms with Gasteiger partial charge < -0.3 is 17.7 Å². The van der Waals surface area contributed by atoms with E-state index in [0.29, 0.717) is 0 Å². The average molecular weight is 1340 g/mol. The van der Waals surface area contributed by atoms with E-state index in [1.165, 1.54) is 81.1 Å². The van der Waals surface area contributed by atoms with Gasteiger partial charge in [0.25, 0.3) is 0 Å². The van der Waals surface area contributed by atoms with Crippen LogP contribution in [0.15, 0.2) is 267 Å². The highest BCUT2D eigenvalue weighted by atomic mass is 16.3. The Morgan fingerprint density at radius 1 is 0.301 bits per heavy atom. The maximum absolute atomic E-state index is 6.42. The zero-order valence-corrected chi connectivity index (χ0v) is 59.4. The first-order valence-corrected chi connectivity index (χ1v) is 34.8. The fourth-order valence-electron chi connectivity index (χ4n) is 15.4. The second kappa shape index (κ2) is 25.4.